The summed E-state index contributed by atoms with van der Waals surface area (Å²) in [4.78, 5) is 22.8. The number of aryl methyl sites for hydroxylation is 1. The monoisotopic (exact) mass is 263 g/mol. The van der Waals surface area contributed by atoms with E-state index < -0.39 is 0 Å². The molecule has 0 aliphatic heterocycles. The Morgan fingerprint density at radius 1 is 1.47 bits per heavy atom. The molecule has 0 atom stereocenters. The van der Waals surface area contributed by atoms with Crippen LogP contribution in [-0.2, 0) is 18.4 Å². The van der Waals surface area contributed by atoms with Crippen LogP contribution in [0.4, 0.5) is 0 Å². The van der Waals surface area contributed by atoms with Crippen molar-refractivity contribution in [1.29, 1.82) is 0 Å². The van der Waals surface area contributed by atoms with Crippen molar-refractivity contribution in [3.63, 3.8) is 0 Å². The molecule has 6 heteroatoms. The number of benzene rings is 1. The van der Waals surface area contributed by atoms with Crippen LogP contribution in [0.3, 0.4) is 0 Å². The van der Waals surface area contributed by atoms with E-state index in [-0.39, 0.29) is 11.7 Å². The molecule has 1 aromatic carbocycles. The molecular weight excluding hydrogens is 246 g/mol. The van der Waals surface area contributed by atoms with Crippen LogP contribution in [0.5, 0.6) is 0 Å². The molecule has 0 saturated carbocycles. The van der Waals surface area contributed by atoms with Crippen LogP contribution in [0.1, 0.15) is 18.4 Å². The van der Waals surface area contributed by atoms with Gasteiger partial charge in [0.25, 0.3) is 0 Å². The number of nitrogens with two attached hydrogens (primary N) is 1. The van der Waals surface area contributed by atoms with Crippen molar-refractivity contribution in [3.05, 3.63) is 34.3 Å². The molecule has 0 bridgehead atoms. The summed E-state index contributed by atoms with van der Waals surface area (Å²) in [5.74, 6) is -0.417. The second-order valence-corrected chi connectivity index (χ2v) is 4.40. The van der Waals surface area contributed by atoms with Gasteiger partial charge in [-0.1, -0.05) is 6.07 Å². The molecule has 0 saturated heterocycles. The van der Waals surface area contributed by atoms with Gasteiger partial charge in [-0.25, -0.2) is 4.79 Å². The van der Waals surface area contributed by atoms with E-state index in [2.05, 4.69) is 5.32 Å². The van der Waals surface area contributed by atoms with Crippen molar-refractivity contribution < 1.29 is 9.21 Å². The number of aromatic nitrogens is 1. The molecule has 1 heterocycles. The fraction of sp³-hybridized carbons (Fsp3) is 0.385. The lowest BCUT2D eigenvalue weighted by molar-refractivity contribution is -0.121. The van der Waals surface area contributed by atoms with E-state index in [1.165, 1.54) is 4.57 Å². The lowest BCUT2D eigenvalue weighted by Gasteiger charge is -2.04. The van der Waals surface area contributed by atoms with E-state index in [4.69, 9.17) is 10.2 Å². The predicted octanol–water partition coefficient (Wildman–Crippen LogP) is 0.487. The van der Waals surface area contributed by atoms with E-state index in [0.29, 0.717) is 31.5 Å². The highest BCUT2D eigenvalue weighted by molar-refractivity contribution is 5.76. The summed E-state index contributed by atoms with van der Waals surface area (Å²) in [6, 6.07) is 5.43. The van der Waals surface area contributed by atoms with Crippen molar-refractivity contribution >= 4 is 17.0 Å². The van der Waals surface area contributed by atoms with E-state index in [1.54, 1.807) is 13.1 Å². The number of oxazole rings is 1. The molecule has 0 spiro atoms. The van der Waals surface area contributed by atoms with Crippen molar-refractivity contribution in [2.45, 2.75) is 19.4 Å². The molecule has 0 aliphatic carbocycles. The number of carbonyl (C=O) groups excluding carboxylic acids is 1. The molecule has 2 rings (SSSR count). The topological polar surface area (TPSA) is 90.3 Å². The number of hydrogen-bond donors (Lipinski definition) is 2. The minimum Gasteiger partial charge on any atom is -0.408 e. The van der Waals surface area contributed by atoms with Crippen molar-refractivity contribution in [2.24, 2.45) is 12.8 Å². The number of amides is 1. The third kappa shape index (κ3) is 3.03. The second kappa shape index (κ2) is 5.71. The average Bonchev–Trinajstić information content (AvgIpc) is 2.69. The van der Waals surface area contributed by atoms with Gasteiger partial charge in [0.1, 0.15) is 0 Å². The third-order valence-electron chi connectivity index (χ3n) is 2.95. The van der Waals surface area contributed by atoms with E-state index in [0.717, 1.165) is 11.1 Å². The number of rotatable bonds is 5. The zero-order valence-electron chi connectivity index (χ0n) is 10.8. The summed E-state index contributed by atoms with van der Waals surface area (Å²) in [5, 5.41) is 2.80. The van der Waals surface area contributed by atoms with Gasteiger partial charge in [0, 0.05) is 20.0 Å². The molecule has 0 aliphatic rings. The summed E-state index contributed by atoms with van der Waals surface area (Å²) >= 11 is 0. The fourth-order valence-electron chi connectivity index (χ4n) is 1.84. The molecule has 1 aromatic heterocycles. The molecule has 3 N–H and O–H groups in total. The first kappa shape index (κ1) is 13.4. The molecular formula is C13H17N3O3. The molecule has 0 unspecified atom stereocenters. The molecule has 1 amide bonds. The van der Waals surface area contributed by atoms with Gasteiger partial charge in [-0.05, 0) is 30.7 Å². The first-order chi connectivity index (χ1) is 9.11. The SMILES string of the molecule is Cn1c(=O)oc2cc(CNC(=O)CCCN)ccc21. The van der Waals surface area contributed by atoms with Crippen LogP contribution in [-0.4, -0.2) is 17.0 Å². The Morgan fingerprint density at radius 3 is 3.00 bits per heavy atom. The highest BCUT2D eigenvalue weighted by Crippen LogP contribution is 2.14. The largest absolute Gasteiger partial charge is 0.419 e. The molecule has 19 heavy (non-hydrogen) atoms. The number of hydrogen-bond acceptors (Lipinski definition) is 4. The molecule has 0 radical (unpaired) electrons. The minimum atomic E-state index is -0.390. The van der Waals surface area contributed by atoms with Crippen molar-refractivity contribution in [2.75, 3.05) is 6.54 Å². The van der Waals surface area contributed by atoms with Gasteiger partial charge in [0.2, 0.25) is 5.91 Å². The maximum absolute atomic E-state index is 11.5. The van der Waals surface area contributed by atoms with Gasteiger partial charge in [-0.3, -0.25) is 9.36 Å². The standard InChI is InChI=1S/C13H17N3O3/c1-16-10-5-4-9(7-11(10)19-13(16)18)8-15-12(17)3-2-6-14/h4-5,7H,2-3,6,8,14H2,1H3,(H,15,17). The average molecular weight is 263 g/mol. The first-order valence-corrected chi connectivity index (χ1v) is 6.17. The highest BCUT2D eigenvalue weighted by Gasteiger charge is 2.07. The Kier molecular flexibility index (Phi) is 4.01. The highest BCUT2D eigenvalue weighted by atomic mass is 16.4. The maximum atomic E-state index is 11.5. The molecule has 102 valence electrons. The van der Waals surface area contributed by atoms with Gasteiger partial charge < -0.3 is 15.5 Å². The van der Waals surface area contributed by atoms with Crippen molar-refractivity contribution in [3.8, 4) is 0 Å². The Morgan fingerprint density at radius 2 is 2.26 bits per heavy atom. The van der Waals surface area contributed by atoms with Gasteiger partial charge in [0.05, 0.1) is 5.52 Å². The Bertz CT molecular complexity index is 642. The zero-order chi connectivity index (χ0) is 13.8. The fourth-order valence-corrected chi connectivity index (χ4v) is 1.84. The van der Waals surface area contributed by atoms with Gasteiger partial charge in [-0.15, -0.1) is 0 Å². The Hall–Kier alpha value is -2.08. The summed E-state index contributed by atoms with van der Waals surface area (Å²) in [5.41, 5.74) is 7.50. The van der Waals surface area contributed by atoms with E-state index in [1.807, 2.05) is 12.1 Å². The van der Waals surface area contributed by atoms with Crippen LogP contribution in [0.2, 0.25) is 0 Å². The molecule has 0 fully saturated rings. The lowest BCUT2D eigenvalue weighted by Crippen LogP contribution is -2.23. The smallest absolute Gasteiger partial charge is 0.408 e. The van der Waals surface area contributed by atoms with Crippen LogP contribution in [0.25, 0.3) is 11.1 Å². The van der Waals surface area contributed by atoms with Gasteiger partial charge in [0.15, 0.2) is 5.58 Å². The summed E-state index contributed by atoms with van der Waals surface area (Å²) in [7, 11) is 1.66. The normalized spacial score (nSPS) is 10.8. The second-order valence-electron chi connectivity index (χ2n) is 4.40. The first-order valence-electron chi connectivity index (χ1n) is 6.17. The predicted molar refractivity (Wildman–Crippen MR) is 71.6 cm³/mol. The Balaban J connectivity index is 2.06. The van der Waals surface area contributed by atoms with E-state index in [9.17, 15) is 9.59 Å². The summed E-state index contributed by atoms with van der Waals surface area (Å²) in [6.45, 7) is 0.923. The molecule has 6 nitrogen and oxygen atoms in total. The van der Waals surface area contributed by atoms with Crippen LogP contribution >= 0.6 is 0 Å². The van der Waals surface area contributed by atoms with Crippen LogP contribution in [0.15, 0.2) is 27.4 Å². The third-order valence-corrected chi connectivity index (χ3v) is 2.95. The quantitative estimate of drug-likeness (QED) is 0.821. The number of fused-ring (bicyclic) bond motifs is 1. The van der Waals surface area contributed by atoms with Gasteiger partial charge in [-0.2, -0.15) is 0 Å². The van der Waals surface area contributed by atoms with E-state index >= 15 is 0 Å². The lowest BCUT2D eigenvalue weighted by atomic mass is 10.2. The maximum Gasteiger partial charge on any atom is 0.419 e. The summed E-state index contributed by atoms with van der Waals surface area (Å²) in [6.07, 6.45) is 1.11. The van der Waals surface area contributed by atoms with Gasteiger partial charge >= 0.3 is 5.76 Å². The Labute approximate surface area is 110 Å². The number of nitrogens with zero attached hydrogens (tertiary/aromatic N) is 1. The summed E-state index contributed by atoms with van der Waals surface area (Å²) < 4.78 is 6.53. The van der Waals surface area contributed by atoms with Crippen molar-refractivity contribution in [1.82, 2.24) is 9.88 Å². The number of nitrogens with one attached hydrogen (secondary N) is 1. The molecule has 2 aromatic rings. The number of carbonyl (C=O) groups is 1. The van der Waals surface area contributed by atoms with Crippen LogP contribution in [0, 0.1) is 0 Å². The zero-order valence-corrected chi connectivity index (χ0v) is 10.8. The minimum absolute atomic E-state index is 0.0277. The van der Waals surface area contributed by atoms with Crippen LogP contribution < -0.4 is 16.8 Å².